The van der Waals surface area contributed by atoms with E-state index in [0.717, 1.165) is 23.1 Å². The molecule has 8 nitrogen and oxygen atoms in total. The number of hydrogen-bond acceptors (Lipinski definition) is 4. The van der Waals surface area contributed by atoms with E-state index in [4.69, 9.17) is 0 Å². The van der Waals surface area contributed by atoms with Gasteiger partial charge >= 0.3 is 5.69 Å². The number of benzene rings is 2. The number of nitrogens with zero attached hydrogens (tertiary/aromatic N) is 4. The van der Waals surface area contributed by atoms with Gasteiger partial charge in [-0.3, -0.25) is 14.2 Å². The highest BCUT2D eigenvalue weighted by Crippen LogP contribution is 2.30. The number of nitrogens with one attached hydrogen (secondary N) is 1. The summed E-state index contributed by atoms with van der Waals surface area (Å²) in [6, 6.07) is 13.9. The second kappa shape index (κ2) is 8.07. The van der Waals surface area contributed by atoms with Crippen LogP contribution in [-0.4, -0.2) is 37.6 Å². The minimum Gasteiger partial charge on any atom is -0.348 e. The number of amides is 2. The van der Waals surface area contributed by atoms with Gasteiger partial charge in [0, 0.05) is 19.6 Å². The van der Waals surface area contributed by atoms with E-state index < -0.39 is 11.6 Å². The van der Waals surface area contributed by atoms with Gasteiger partial charge in [0.05, 0.1) is 6.04 Å². The Balaban J connectivity index is 1.29. The molecule has 0 bridgehead atoms. The number of hydrogen-bond donors (Lipinski definition) is 1. The van der Waals surface area contributed by atoms with Crippen molar-refractivity contribution in [2.24, 2.45) is 0 Å². The van der Waals surface area contributed by atoms with Gasteiger partial charge in [-0.15, -0.1) is 5.10 Å². The van der Waals surface area contributed by atoms with Crippen LogP contribution in [0.25, 0.3) is 0 Å². The second-order valence-electron chi connectivity index (χ2n) is 8.13. The van der Waals surface area contributed by atoms with Crippen LogP contribution in [-0.2, 0) is 30.8 Å². The highest BCUT2D eigenvalue weighted by atomic mass is 19.1. The SMILES string of the molecule is O=C(Cn1nc2n(c1=O)CCN(Cc1cccc(F)c1)C2=O)N[C@H]1CCc2ccccc21. The summed E-state index contributed by atoms with van der Waals surface area (Å²) in [5, 5.41) is 7.11. The lowest BCUT2D eigenvalue weighted by Crippen LogP contribution is -2.42. The molecule has 9 heteroatoms. The Kier molecular flexibility index (Phi) is 5.08. The molecule has 1 atom stereocenters. The fourth-order valence-electron chi connectivity index (χ4n) is 4.46. The Morgan fingerprint density at radius 1 is 1.12 bits per heavy atom. The fourth-order valence-corrected chi connectivity index (χ4v) is 4.46. The van der Waals surface area contributed by atoms with Crippen LogP contribution in [0.4, 0.5) is 4.39 Å². The zero-order valence-corrected chi connectivity index (χ0v) is 17.3. The van der Waals surface area contributed by atoms with E-state index in [1.54, 1.807) is 12.1 Å². The largest absolute Gasteiger partial charge is 0.348 e. The molecule has 0 unspecified atom stereocenters. The Morgan fingerprint density at radius 3 is 2.81 bits per heavy atom. The van der Waals surface area contributed by atoms with Crippen molar-refractivity contribution in [3.05, 3.63) is 87.3 Å². The lowest BCUT2D eigenvalue weighted by atomic mass is 10.1. The molecular formula is C23H22FN5O3. The summed E-state index contributed by atoms with van der Waals surface area (Å²) in [4.78, 5) is 39.7. The zero-order chi connectivity index (χ0) is 22.2. The van der Waals surface area contributed by atoms with Crippen molar-refractivity contribution in [3.63, 3.8) is 0 Å². The van der Waals surface area contributed by atoms with E-state index in [-0.39, 0.29) is 43.2 Å². The number of carbonyl (C=O) groups is 2. The molecule has 1 aliphatic carbocycles. The Hall–Kier alpha value is -3.75. The van der Waals surface area contributed by atoms with Gasteiger partial charge in [0.2, 0.25) is 11.7 Å². The summed E-state index contributed by atoms with van der Waals surface area (Å²) in [5.74, 6) is -1.12. The van der Waals surface area contributed by atoms with E-state index in [2.05, 4.69) is 16.5 Å². The average Bonchev–Trinajstić information content (AvgIpc) is 3.32. The molecule has 2 aromatic carbocycles. The third kappa shape index (κ3) is 3.70. The van der Waals surface area contributed by atoms with Crippen LogP contribution < -0.4 is 11.0 Å². The molecule has 2 aliphatic rings. The first kappa shape index (κ1) is 20.2. The maximum atomic E-state index is 13.5. The lowest BCUT2D eigenvalue weighted by molar-refractivity contribution is -0.122. The van der Waals surface area contributed by atoms with Gasteiger partial charge in [-0.1, -0.05) is 36.4 Å². The van der Waals surface area contributed by atoms with Crippen molar-refractivity contribution in [1.29, 1.82) is 0 Å². The molecule has 2 heterocycles. The zero-order valence-electron chi connectivity index (χ0n) is 17.3. The topological polar surface area (TPSA) is 89.2 Å². The minimum absolute atomic E-state index is 0.00309. The summed E-state index contributed by atoms with van der Waals surface area (Å²) >= 11 is 0. The Labute approximate surface area is 183 Å². The van der Waals surface area contributed by atoms with Crippen LogP contribution >= 0.6 is 0 Å². The standard InChI is InChI=1S/C23H22FN5O3/c24-17-6-3-4-15(12-17)13-27-10-11-28-21(22(27)31)26-29(23(28)32)14-20(30)25-19-9-8-16-5-1-2-7-18(16)19/h1-7,12,19H,8-11,13-14H2,(H,25,30)/t19-/m0/s1. The van der Waals surface area contributed by atoms with E-state index >= 15 is 0 Å². The summed E-state index contributed by atoms with van der Waals surface area (Å²) in [6.45, 7) is 0.541. The molecule has 0 fully saturated rings. The number of rotatable bonds is 5. The molecule has 32 heavy (non-hydrogen) atoms. The third-order valence-corrected chi connectivity index (χ3v) is 6.02. The van der Waals surface area contributed by atoms with Gasteiger partial charge < -0.3 is 10.2 Å². The van der Waals surface area contributed by atoms with Crippen LogP contribution in [0.1, 0.15) is 39.8 Å². The van der Waals surface area contributed by atoms with Crippen LogP contribution in [0.3, 0.4) is 0 Å². The Morgan fingerprint density at radius 2 is 1.97 bits per heavy atom. The van der Waals surface area contributed by atoms with Crippen molar-refractivity contribution in [2.75, 3.05) is 6.54 Å². The Bertz CT molecular complexity index is 1260. The average molecular weight is 435 g/mol. The molecule has 0 saturated heterocycles. The molecule has 1 aromatic heterocycles. The quantitative estimate of drug-likeness (QED) is 0.660. The molecule has 164 valence electrons. The molecular weight excluding hydrogens is 413 g/mol. The summed E-state index contributed by atoms with van der Waals surface area (Å²) < 4.78 is 15.8. The van der Waals surface area contributed by atoms with Gasteiger partial charge in [0.25, 0.3) is 5.91 Å². The number of halogens is 1. The van der Waals surface area contributed by atoms with Crippen LogP contribution in [0, 0.1) is 5.82 Å². The van der Waals surface area contributed by atoms with Crippen molar-refractivity contribution < 1.29 is 14.0 Å². The van der Waals surface area contributed by atoms with Crippen LogP contribution in [0.2, 0.25) is 0 Å². The van der Waals surface area contributed by atoms with Crippen molar-refractivity contribution >= 4 is 11.8 Å². The monoisotopic (exact) mass is 435 g/mol. The fraction of sp³-hybridized carbons (Fsp3) is 0.304. The molecule has 3 aromatic rings. The summed E-state index contributed by atoms with van der Waals surface area (Å²) in [5.41, 5.74) is 2.49. The van der Waals surface area contributed by atoms with E-state index in [9.17, 15) is 18.8 Å². The molecule has 0 saturated carbocycles. The van der Waals surface area contributed by atoms with E-state index in [0.29, 0.717) is 12.1 Å². The number of aryl methyl sites for hydroxylation is 1. The normalized spacial score (nSPS) is 17.2. The van der Waals surface area contributed by atoms with Crippen molar-refractivity contribution in [2.45, 2.75) is 38.5 Å². The first-order chi connectivity index (χ1) is 15.5. The van der Waals surface area contributed by atoms with E-state index in [1.807, 2.05) is 18.2 Å². The van der Waals surface area contributed by atoms with Gasteiger partial charge in [0.1, 0.15) is 12.4 Å². The summed E-state index contributed by atoms with van der Waals surface area (Å²) in [6.07, 6.45) is 1.71. The first-order valence-electron chi connectivity index (χ1n) is 10.6. The highest BCUT2D eigenvalue weighted by molar-refractivity contribution is 5.91. The minimum atomic E-state index is -0.485. The predicted octanol–water partition coefficient (Wildman–Crippen LogP) is 1.64. The number of aromatic nitrogens is 3. The maximum Gasteiger partial charge on any atom is 0.346 e. The number of carbonyl (C=O) groups excluding carboxylic acids is 2. The van der Waals surface area contributed by atoms with Crippen LogP contribution in [0.5, 0.6) is 0 Å². The van der Waals surface area contributed by atoms with E-state index in [1.165, 1.54) is 27.2 Å². The molecule has 2 amide bonds. The summed E-state index contributed by atoms with van der Waals surface area (Å²) in [7, 11) is 0. The van der Waals surface area contributed by atoms with Gasteiger partial charge in [-0.2, -0.15) is 0 Å². The smallest absolute Gasteiger partial charge is 0.346 e. The number of fused-ring (bicyclic) bond motifs is 2. The highest BCUT2D eigenvalue weighted by Gasteiger charge is 2.30. The van der Waals surface area contributed by atoms with Gasteiger partial charge in [0.15, 0.2) is 0 Å². The lowest BCUT2D eigenvalue weighted by Gasteiger charge is -2.26. The van der Waals surface area contributed by atoms with Crippen molar-refractivity contribution in [1.82, 2.24) is 24.6 Å². The predicted molar refractivity (Wildman–Crippen MR) is 113 cm³/mol. The first-order valence-corrected chi connectivity index (χ1v) is 10.6. The van der Waals surface area contributed by atoms with Gasteiger partial charge in [-0.05, 0) is 41.7 Å². The maximum absolute atomic E-state index is 13.5. The van der Waals surface area contributed by atoms with Crippen LogP contribution in [0.15, 0.2) is 53.3 Å². The molecule has 1 N–H and O–H groups in total. The van der Waals surface area contributed by atoms with Gasteiger partial charge in [-0.25, -0.2) is 13.9 Å². The van der Waals surface area contributed by atoms with Crippen molar-refractivity contribution in [3.8, 4) is 0 Å². The third-order valence-electron chi connectivity index (χ3n) is 6.02. The molecule has 5 rings (SSSR count). The second-order valence-corrected chi connectivity index (χ2v) is 8.13. The molecule has 0 radical (unpaired) electrons. The molecule has 1 aliphatic heterocycles. The molecule has 0 spiro atoms.